The van der Waals surface area contributed by atoms with Gasteiger partial charge in [0.05, 0.1) is 30.6 Å². The molecule has 1 fully saturated rings. The fourth-order valence-corrected chi connectivity index (χ4v) is 4.39. The Hall–Kier alpha value is -3.00. The van der Waals surface area contributed by atoms with Gasteiger partial charge in [0.25, 0.3) is 0 Å². The van der Waals surface area contributed by atoms with Gasteiger partial charge in [0, 0.05) is 32.4 Å². The van der Waals surface area contributed by atoms with Crippen LogP contribution in [0.25, 0.3) is 0 Å². The van der Waals surface area contributed by atoms with Crippen LogP contribution in [0.3, 0.4) is 0 Å². The summed E-state index contributed by atoms with van der Waals surface area (Å²) in [6.07, 6.45) is 1.69. The van der Waals surface area contributed by atoms with Crippen molar-refractivity contribution in [3.05, 3.63) is 52.1 Å². The van der Waals surface area contributed by atoms with E-state index < -0.39 is 0 Å². The summed E-state index contributed by atoms with van der Waals surface area (Å²) in [6, 6.07) is 13.5. The number of piperazine rings is 1. The van der Waals surface area contributed by atoms with Crippen molar-refractivity contribution < 1.29 is 4.74 Å². The van der Waals surface area contributed by atoms with Gasteiger partial charge in [-0.3, -0.25) is 4.90 Å². The minimum absolute atomic E-state index is 0.602. The molecule has 1 N–H and O–H groups in total. The number of hydrogen-bond donors (Lipinski definition) is 1. The first-order chi connectivity index (χ1) is 15.2. The predicted octanol–water partition coefficient (Wildman–Crippen LogP) is 3.86. The maximum atomic E-state index is 9.09. The smallest absolute Gasteiger partial charge is 0.209 e. The Balaban J connectivity index is 1.37. The molecule has 0 atom stereocenters. The Morgan fingerprint density at radius 3 is 2.81 bits per heavy atom. The molecule has 8 nitrogen and oxygen atoms in total. The van der Waals surface area contributed by atoms with Gasteiger partial charge in [-0.25, -0.2) is 9.67 Å². The third-order valence-electron chi connectivity index (χ3n) is 4.94. The summed E-state index contributed by atoms with van der Waals surface area (Å²) in [4.78, 5) is 8.92. The number of pyridine rings is 1. The van der Waals surface area contributed by atoms with E-state index in [1.54, 1.807) is 12.3 Å². The number of aromatic nitrogens is 3. The summed E-state index contributed by atoms with van der Waals surface area (Å²) in [5.74, 6) is 1.64. The van der Waals surface area contributed by atoms with Crippen molar-refractivity contribution in [1.82, 2.24) is 19.7 Å². The zero-order valence-electron chi connectivity index (χ0n) is 17.2. The normalized spacial score (nSPS) is 14.3. The molecule has 4 rings (SSSR count). The second-order valence-corrected chi connectivity index (χ2v) is 8.61. The first-order valence-corrected chi connectivity index (χ1v) is 11.3. The van der Waals surface area contributed by atoms with Crippen molar-refractivity contribution in [1.29, 1.82) is 5.26 Å². The number of ether oxygens (including phenoxy) is 1. The minimum atomic E-state index is 0.602. The monoisotopic (exact) mass is 453 g/mol. The van der Waals surface area contributed by atoms with Gasteiger partial charge in [0.2, 0.25) is 5.13 Å². The molecule has 0 aliphatic carbocycles. The van der Waals surface area contributed by atoms with E-state index in [9.17, 15) is 0 Å². The van der Waals surface area contributed by atoms with E-state index in [0.717, 1.165) is 52.5 Å². The fourth-order valence-electron chi connectivity index (χ4n) is 3.38. The first-order valence-electron chi connectivity index (χ1n) is 10.1. The van der Waals surface area contributed by atoms with Crippen LogP contribution in [0.15, 0.2) is 42.6 Å². The van der Waals surface area contributed by atoms with Crippen molar-refractivity contribution in [2.45, 2.75) is 13.6 Å². The number of rotatable bonds is 7. The van der Waals surface area contributed by atoms with Gasteiger partial charge in [0.1, 0.15) is 11.6 Å². The van der Waals surface area contributed by atoms with Gasteiger partial charge in [0.15, 0.2) is 3.95 Å². The van der Waals surface area contributed by atoms with E-state index in [4.69, 9.17) is 22.2 Å². The zero-order valence-corrected chi connectivity index (χ0v) is 18.8. The van der Waals surface area contributed by atoms with Crippen LogP contribution in [-0.4, -0.2) is 52.5 Å². The predicted molar refractivity (Wildman–Crippen MR) is 125 cm³/mol. The highest BCUT2D eigenvalue weighted by Gasteiger charge is 2.19. The molecule has 0 amide bonds. The van der Waals surface area contributed by atoms with Gasteiger partial charge in [-0.2, -0.15) is 5.26 Å². The molecule has 160 valence electrons. The van der Waals surface area contributed by atoms with Gasteiger partial charge in [-0.1, -0.05) is 23.5 Å². The quantitative estimate of drug-likeness (QED) is 0.540. The topological polar surface area (TPSA) is 82.2 Å². The first kappa shape index (κ1) is 21.2. The largest absolute Gasteiger partial charge is 0.492 e. The van der Waals surface area contributed by atoms with E-state index in [1.165, 1.54) is 11.3 Å². The number of anilines is 3. The van der Waals surface area contributed by atoms with E-state index in [-0.39, 0.29) is 0 Å². The lowest BCUT2D eigenvalue weighted by molar-refractivity contribution is 0.195. The molecular weight excluding hydrogens is 430 g/mol. The molecule has 0 saturated carbocycles. The molecule has 3 aromatic rings. The number of para-hydroxylation sites is 2. The molecule has 0 radical (unpaired) electrons. The van der Waals surface area contributed by atoms with Crippen LogP contribution in [0.5, 0.6) is 5.75 Å². The Morgan fingerprint density at radius 1 is 1.23 bits per heavy atom. The van der Waals surface area contributed by atoms with E-state index in [0.29, 0.717) is 18.8 Å². The number of nitrogens with one attached hydrogen (secondary N) is 1. The number of nitriles is 1. The highest BCUT2D eigenvalue weighted by atomic mass is 32.1. The molecule has 31 heavy (non-hydrogen) atoms. The Labute approximate surface area is 190 Å². The summed E-state index contributed by atoms with van der Waals surface area (Å²) < 4.78 is 8.26. The maximum absolute atomic E-state index is 9.09. The molecular formula is C21H23N7OS2. The van der Waals surface area contributed by atoms with Gasteiger partial charge in [-0.15, -0.1) is 5.10 Å². The highest BCUT2D eigenvalue weighted by Crippen LogP contribution is 2.28. The Bertz CT molecular complexity index is 1130. The molecule has 0 unspecified atom stereocenters. The third kappa shape index (κ3) is 5.19. The molecule has 10 heteroatoms. The van der Waals surface area contributed by atoms with Crippen molar-refractivity contribution in [3.63, 3.8) is 0 Å². The van der Waals surface area contributed by atoms with Gasteiger partial charge in [-0.05, 0) is 43.4 Å². The van der Waals surface area contributed by atoms with Crippen LogP contribution in [-0.2, 0) is 6.67 Å². The number of hydrogen-bond acceptors (Lipinski definition) is 9. The Morgan fingerprint density at radius 2 is 2.03 bits per heavy atom. The van der Waals surface area contributed by atoms with Crippen molar-refractivity contribution >= 4 is 40.2 Å². The van der Waals surface area contributed by atoms with Crippen LogP contribution >= 0.6 is 23.6 Å². The second-order valence-electron chi connectivity index (χ2n) is 6.99. The lowest BCUT2D eigenvalue weighted by Gasteiger charge is -2.35. The SMILES string of the molecule is CCOc1ccccc1Nc1nn(CN2CCN(c3cc(C#N)ccn3)CC2)c(=S)s1. The second kappa shape index (κ2) is 9.87. The lowest BCUT2D eigenvalue weighted by atomic mass is 10.2. The summed E-state index contributed by atoms with van der Waals surface area (Å²) in [5, 5.41) is 17.8. The Kier molecular flexibility index (Phi) is 6.76. The molecule has 0 spiro atoms. The summed E-state index contributed by atoms with van der Waals surface area (Å²) >= 11 is 6.99. The van der Waals surface area contributed by atoms with Gasteiger partial charge >= 0.3 is 0 Å². The highest BCUT2D eigenvalue weighted by molar-refractivity contribution is 7.73. The molecule has 1 aliphatic heterocycles. The van der Waals surface area contributed by atoms with Crippen molar-refractivity contribution in [2.75, 3.05) is 43.0 Å². The summed E-state index contributed by atoms with van der Waals surface area (Å²) in [7, 11) is 0. The van der Waals surface area contributed by atoms with E-state index in [2.05, 4.69) is 31.3 Å². The molecule has 1 aromatic carbocycles. The van der Waals surface area contributed by atoms with E-state index >= 15 is 0 Å². The summed E-state index contributed by atoms with van der Waals surface area (Å²) in [5.41, 5.74) is 1.51. The van der Waals surface area contributed by atoms with Crippen LogP contribution < -0.4 is 15.0 Å². The summed E-state index contributed by atoms with van der Waals surface area (Å²) in [6.45, 7) is 6.63. The van der Waals surface area contributed by atoms with Crippen molar-refractivity contribution in [3.8, 4) is 11.8 Å². The van der Waals surface area contributed by atoms with Crippen molar-refractivity contribution in [2.24, 2.45) is 0 Å². The molecule has 0 bridgehead atoms. The van der Waals surface area contributed by atoms with Crippen LogP contribution in [0.1, 0.15) is 12.5 Å². The minimum Gasteiger partial charge on any atom is -0.492 e. The average Bonchev–Trinajstić information content (AvgIpc) is 3.14. The number of nitrogens with zero attached hydrogens (tertiary/aromatic N) is 6. The van der Waals surface area contributed by atoms with Crippen LogP contribution in [0.4, 0.5) is 16.6 Å². The molecule has 1 saturated heterocycles. The lowest BCUT2D eigenvalue weighted by Crippen LogP contribution is -2.47. The van der Waals surface area contributed by atoms with Crippen LogP contribution in [0.2, 0.25) is 0 Å². The molecule has 1 aliphatic rings. The van der Waals surface area contributed by atoms with E-state index in [1.807, 2.05) is 41.9 Å². The van der Waals surface area contributed by atoms with Gasteiger partial charge < -0.3 is 15.0 Å². The standard InChI is InChI=1S/C21H23N7OS2/c1-2-29-18-6-4-3-5-17(18)24-20-25-28(21(30)31-20)15-26-9-11-27(12-10-26)19-13-16(14-22)7-8-23-19/h3-8,13H,2,9-12,15H2,1H3,(H,24,25). The maximum Gasteiger partial charge on any atom is 0.209 e. The fraction of sp³-hybridized carbons (Fsp3) is 0.333. The third-order valence-corrected chi connectivity index (χ3v) is 6.16. The molecule has 2 aromatic heterocycles. The number of benzene rings is 1. The zero-order chi connectivity index (χ0) is 21.6. The molecule has 3 heterocycles. The van der Waals surface area contributed by atoms with Crippen LogP contribution in [0, 0.1) is 15.3 Å². The average molecular weight is 454 g/mol.